The number of aliphatic hydroxyl groups is 1. The molecule has 3 N–H and O–H groups in total. The van der Waals surface area contributed by atoms with E-state index in [1.165, 1.54) is 20.0 Å². The van der Waals surface area contributed by atoms with Crippen molar-refractivity contribution in [2.75, 3.05) is 20.2 Å². The van der Waals surface area contributed by atoms with Crippen LogP contribution in [0.5, 0.6) is 11.5 Å². The molecule has 2 heterocycles. The smallest absolute Gasteiger partial charge is 0.330 e. The fourth-order valence-electron chi connectivity index (χ4n) is 7.07. The fraction of sp³-hybridized carbons (Fsp3) is 0.600. The van der Waals surface area contributed by atoms with E-state index in [4.69, 9.17) is 4.74 Å². The minimum atomic E-state index is -0.986. The van der Waals surface area contributed by atoms with Crippen LogP contribution >= 0.6 is 0 Å². The van der Waals surface area contributed by atoms with Crippen LogP contribution in [0.15, 0.2) is 24.3 Å². The van der Waals surface area contributed by atoms with Crippen molar-refractivity contribution >= 4 is 11.9 Å². The van der Waals surface area contributed by atoms with Crippen molar-refractivity contribution in [3.8, 4) is 11.5 Å². The summed E-state index contributed by atoms with van der Waals surface area (Å²) in [6, 6.07) is 3.29. The van der Waals surface area contributed by atoms with Gasteiger partial charge in [-0.1, -0.05) is 6.07 Å². The van der Waals surface area contributed by atoms with Crippen molar-refractivity contribution in [3.05, 3.63) is 35.4 Å². The highest BCUT2D eigenvalue weighted by Gasteiger charge is 2.73. The molecule has 3 aliphatic carbocycles. The molecule has 5 aliphatic rings. The summed E-state index contributed by atoms with van der Waals surface area (Å²) in [6.45, 7) is 1.88. The van der Waals surface area contributed by atoms with Crippen LogP contribution < -0.4 is 10.1 Å². The largest absolute Gasteiger partial charge is 0.504 e. The van der Waals surface area contributed by atoms with Crippen molar-refractivity contribution in [2.45, 2.75) is 67.7 Å². The Balaban J connectivity index is 1.38. The number of carbonyl (C=O) groups is 2. The molecule has 8 heteroatoms. The summed E-state index contributed by atoms with van der Waals surface area (Å²) < 4.78 is 11.0. The number of hydrogen-bond acceptors (Lipinski definition) is 7. The van der Waals surface area contributed by atoms with E-state index in [2.05, 4.69) is 15.0 Å². The molecule has 0 aromatic heterocycles. The van der Waals surface area contributed by atoms with E-state index < -0.39 is 29.0 Å². The molecule has 2 bridgehead atoms. The van der Waals surface area contributed by atoms with Gasteiger partial charge in [0.2, 0.25) is 5.91 Å². The SMILES string of the molecule is COC(=O)/C=C\C(=O)N[C@@H]1CC[C@@]2(O)[C@H]3Cc4ccc(O)c5c4[C@@]2(CCN3CC2CC2)[C@@H]1O5. The predicted octanol–water partition coefficient (Wildman–Crippen LogP) is 1.17. The summed E-state index contributed by atoms with van der Waals surface area (Å²) in [5.74, 6) is 0.256. The first kappa shape index (κ1) is 21.0. The van der Waals surface area contributed by atoms with E-state index in [1.807, 2.05) is 6.07 Å². The summed E-state index contributed by atoms with van der Waals surface area (Å²) in [5.41, 5.74) is 0.390. The lowest BCUT2D eigenvalue weighted by molar-refractivity contribution is -0.192. The number of nitrogens with one attached hydrogen (secondary N) is 1. The van der Waals surface area contributed by atoms with E-state index in [1.54, 1.807) is 6.07 Å². The van der Waals surface area contributed by atoms with Crippen molar-refractivity contribution in [3.63, 3.8) is 0 Å². The number of hydrogen-bond donors (Lipinski definition) is 3. The van der Waals surface area contributed by atoms with Crippen LogP contribution in [0.1, 0.15) is 43.2 Å². The van der Waals surface area contributed by atoms with Gasteiger partial charge in [0.25, 0.3) is 0 Å². The maximum Gasteiger partial charge on any atom is 0.330 e. The second-order valence-corrected chi connectivity index (χ2v) is 10.3. The fourth-order valence-corrected chi connectivity index (χ4v) is 7.07. The molecule has 6 rings (SSSR count). The summed E-state index contributed by atoms with van der Waals surface area (Å²) in [6.07, 6.45) is 6.84. The highest BCUT2D eigenvalue weighted by atomic mass is 16.5. The Labute approximate surface area is 192 Å². The Morgan fingerprint density at radius 1 is 1.27 bits per heavy atom. The summed E-state index contributed by atoms with van der Waals surface area (Å²) in [4.78, 5) is 26.4. The number of amides is 1. The predicted molar refractivity (Wildman–Crippen MR) is 118 cm³/mol. The topological polar surface area (TPSA) is 108 Å². The second-order valence-electron chi connectivity index (χ2n) is 10.3. The normalized spacial score (nSPS) is 36.2. The molecular weight excluding hydrogens is 424 g/mol. The summed E-state index contributed by atoms with van der Waals surface area (Å²) in [7, 11) is 1.26. The Morgan fingerprint density at radius 3 is 2.85 bits per heavy atom. The van der Waals surface area contributed by atoms with Gasteiger partial charge >= 0.3 is 5.97 Å². The van der Waals surface area contributed by atoms with Crippen LogP contribution in [0.25, 0.3) is 0 Å². The van der Waals surface area contributed by atoms with Crippen molar-refractivity contribution in [2.24, 2.45) is 5.92 Å². The van der Waals surface area contributed by atoms with Gasteiger partial charge in [0.1, 0.15) is 6.10 Å². The van der Waals surface area contributed by atoms with Crippen molar-refractivity contribution < 1.29 is 29.3 Å². The van der Waals surface area contributed by atoms with E-state index >= 15 is 0 Å². The van der Waals surface area contributed by atoms with E-state index in [0.29, 0.717) is 25.0 Å². The molecule has 1 saturated heterocycles. The minimum Gasteiger partial charge on any atom is -0.504 e. The third kappa shape index (κ3) is 2.89. The molecule has 1 amide bonds. The number of phenolic OH excluding ortho intramolecular Hbond substituents is 1. The van der Waals surface area contributed by atoms with Crippen LogP contribution in [0.2, 0.25) is 0 Å². The first-order valence-electron chi connectivity index (χ1n) is 11.9. The second kappa shape index (κ2) is 7.21. The minimum absolute atomic E-state index is 0.00295. The molecule has 0 unspecified atom stereocenters. The van der Waals surface area contributed by atoms with E-state index in [-0.39, 0.29) is 17.8 Å². The van der Waals surface area contributed by atoms with Gasteiger partial charge < -0.3 is 25.0 Å². The first-order valence-corrected chi connectivity index (χ1v) is 11.9. The molecule has 176 valence electrons. The van der Waals surface area contributed by atoms with Crippen LogP contribution in [-0.4, -0.2) is 71.0 Å². The molecular formula is C25H30N2O6. The number of aromatic hydroxyl groups is 1. The third-order valence-electron chi connectivity index (χ3n) is 8.66. The number of nitrogens with zero attached hydrogens (tertiary/aromatic N) is 1. The standard InChI is InChI=1S/C25H30N2O6/c1-32-20(30)7-6-19(29)26-16-8-9-25(31)18-12-15-4-5-17(28)22-21(15)24(25,23(16)33-22)10-11-27(18)13-14-2-3-14/h4-7,14,16,18,23,28,31H,2-3,8-13H2,1H3,(H,26,29)/b7-6-/t16-,18-,23-,24+,25-/m1/s1. The lowest BCUT2D eigenvalue weighted by atomic mass is 9.48. The van der Waals surface area contributed by atoms with Gasteiger partial charge in [0.05, 0.1) is 24.2 Å². The molecule has 5 atom stereocenters. The maximum atomic E-state index is 12.6. The zero-order chi connectivity index (χ0) is 23.0. The number of methoxy groups -OCH3 is 1. The molecule has 1 spiro atoms. The third-order valence-corrected chi connectivity index (χ3v) is 8.66. The number of piperidine rings is 1. The number of rotatable bonds is 5. The number of esters is 1. The van der Waals surface area contributed by atoms with Crippen LogP contribution in [0.3, 0.4) is 0 Å². The van der Waals surface area contributed by atoms with Gasteiger partial charge in [0.15, 0.2) is 11.5 Å². The van der Waals surface area contributed by atoms with Gasteiger partial charge in [0, 0.05) is 30.3 Å². The lowest BCUT2D eigenvalue weighted by Crippen LogP contribution is -2.78. The zero-order valence-electron chi connectivity index (χ0n) is 18.8. The first-order chi connectivity index (χ1) is 15.9. The number of ether oxygens (including phenoxy) is 2. The number of benzene rings is 1. The maximum absolute atomic E-state index is 12.6. The molecule has 2 saturated carbocycles. The van der Waals surface area contributed by atoms with Gasteiger partial charge in [-0.25, -0.2) is 4.79 Å². The Kier molecular flexibility index (Phi) is 4.58. The van der Waals surface area contributed by atoms with Gasteiger partial charge in [-0.2, -0.15) is 0 Å². The molecule has 1 aromatic carbocycles. The Bertz CT molecular complexity index is 1050. The van der Waals surface area contributed by atoms with Gasteiger partial charge in [-0.05, 0) is 62.6 Å². The zero-order valence-corrected chi connectivity index (χ0v) is 18.8. The van der Waals surface area contributed by atoms with Crippen LogP contribution in [0.4, 0.5) is 0 Å². The Morgan fingerprint density at radius 2 is 2.09 bits per heavy atom. The molecule has 8 nitrogen and oxygen atoms in total. The average molecular weight is 455 g/mol. The lowest BCUT2D eigenvalue weighted by Gasteiger charge is -2.64. The molecule has 0 radical (unpaired) electrons. The monoisotopic (exact) mass is 454 g/mol. The molecule has 33 heavy (non-hydrogen) atoms. The summed E-state index contributed by atoms with van der Waals surface area (Å²) >= 11 is 0. The Hall–Kier alpha value is -2.58. The van der Waals surface area contributed by atoms with Crippen LogP contribution in [0, 0.1) is 5.92 Å². The van der Waals surface area contributed by atoms with Gasteiger partial charge in [-0.15, -0.1) is 0 Å². The highest BCUT2D eigenvalue weighted by Crippen LogP contribution is 2.65. The number of likely N-dealkylation sites (tertiary alicyclic amines) is 1. The summed E-state index contributed by atoms with van der Waals surface area (Å²) in [5, 5.41) is 26.0. The quantitative estimate of drug-likeness (QED) is 0.453. The number of phenols is 1. The molecule has 1 aromatic rings. The van der Waals surface area contributed by atoms with Crippen molar-refractivity contribution in [1.82, 2.24) is 10.2 Å². The van der Waals surface area contributed by atoms with Gasteiger partial charge in [-0.3, -0.25) is 9.69 Å². The van der Waals surface area contributed by atoms with E-state index in [9.17, 15) is 19.8 Å². The van der Waals surface area contributed by atoms with Crippen LogP contribution in [-0.2, 0) is 26.2 Å². The van der Waals surface area contributed by atoms with Crippen molar-refractivity contribution in [1.29, 1.82) is 0 Å². The molecule has 3 fully saturated rings. The molecule has 2 aliphatic heterocycles. The highest BCUT2D eigenvalue weighted by molar-refractivity contribution is 5.94. The number of carbonyl (C=O) groups excluding carboxylic acids is 2. The van der Waals surface area contributed by atoms with E-state index in [0.717, 1.165) is 48.7 Å². The average Bonchev–Trinajstić information content (AvgIpc) is 3.54.